The average molecular weight is 489 g/mol. The van der Waals surface area contributed by atoms with Gasteiger partial charge in [0.2, 0.25) is 0 Å². The third-order valence-electron chi connectivity index (χ3n) is 4.87. The van der Waals surface area contributed by atoms with Crippen molar-refractivity contribution in [2.24, 2.45) is 0 Å². The molecule has 5 heteroatoms. The Hall–Kier alpha value is -3.74. The average Bonchev–Trinajstić information content (AvgIpc) is 2.88. The molecule has 0 spiro atoms. The number of unbranched alkanes of at least 4 members (excludes halogenated alkanes) is 11. The van der Waals surface area contributed by atoms with Crippen LogP contribution in [0.15, 0.2) is 0 Å². The fourth-order valence-electron chi connectivity index (χ4n) is 3.02. The number of terminal acetylenes is 1. The third-order valence-corrected chi connectivity index (χ3v) is 4.87. The minimum absolute atomic E-state index is 0.277. The van der Waals surface area contributed by atoms with Crippen LogP contribution in [0.2, 0.25) is 0 Å². The van der Waals surface area contributed by atoms with E-state index >= 15 is 0 Å². The van der Waals surface area contributed by atoms with Crippen LogP contribution in [0.5, 0.6) is 0 Å². The first-order valence-electron chi connectivity index (χ1n) is 12.6. The van der Waals surface area contributed by atoms with Crippen LogP contribution in [0.3, 0.4) is 0 Å². The molecule has 0 rings (SSSR count). The van der Waals surface area contributed by atoms with Crippen molar-refractivity contribution in [3.05, 3.63) is 0 Å². The first kappa shape index (κ1) is 32.3. The van der Waals surface area contributed by atoms with Crippen molar-refractivity contribution in [1.82, 2.24) is 0 Å². The molecule has 0 aromatic rings. The molecule has 0 radical (unpaired) electrons. The van der Waals surface area contributed by atoms with E-state index in [1.165, 1.54) is 57.8 Å². The van der Waals surface area contributed by atoms with Crippen LogP contribution >= 0.6 is 0 Å². The maximum atomic E-state index is 12.0. The topological polar surface area (TPSA) is 72.8 Å². The Bertz CT molecular complexity index is 990. The highest BCUT2D eigenvalue weighted by atomic mass is 16.6. The molecule has 5 nitrogen and oxygen atoms in total. The van der Waals surface area contributed by atoms with Gasteiger partial charge in [-0.15, -0.1) is 6.42 Å². The standard InChI is InChI=1S/C31H36O5/c1-3-5-7-9-11-13-15-16-18-20-22-24-26-31(34)36-29(27-32)28-35-30(33)25-23-21-19-17-14-12-10-8-6-4-2/h2,29,32H,3,5,7,9,11,13,15-16,18,20,22,24,26-28H2,1H3/t29-/m1/s1. The number of esters is 2. The number of rotatable bonds is 17. The van der Waals surface area contributed by atoms with Gasteiger partial charge in [0.15, 0.2) is 6.10 Å². The SMILES string of the molecule is C#CC#CC#CC#CC#CC#CC(=O)OC[C@@H](CO)OC(=O)CCCCCCCCCCCCCC. The van der Waals surface area contributed by atoms with Gasteiger partial charge in [0.25, 0.3) is 0 Å². The van der Waals surface area contributed by atoms with Gasteiger partial charge >= 0.3 is 11.9 Å². The Morgan fingerprint density at radius 1 is 0.722 bits per heavy atom. The minimum Gasteiger partial charge on any atom is -0.456 e. The normalized spacial score (nSPS) is 9.47. The van der Waals surface area contributed by atoms with E-state index in [0.29, 0.717) is 0 Å². The summed E-state index contributed by atoms with van der Waals surface area (Å²) in [7, 11) is 0. The summed E-state index contributed by atoms with van der Waals surface area (Å²) in [6.45, 7) is 1.50. The zero-order valence-electron chi connectivity index (χ0n) is 21.3. The molecule has 190 valence electrons. The van der Waals surface area contributed by atoms with Crippen LogP contribution in [0.25, 0.3) is 0 Å². The molecule has 0 heterocycles. The number of aliphatic hydroxyl groups excluding tert-OH is 1. The Labute approximate surface area is 217 Å². The van der Waals surface area contributed by atoms with E-state index < -0.39 is 24.6 Å². The number of hydrogen-bond acceptors (Lipinski definition) is 5. The fourth-order valence-corrected chi connectivity index (χ4v) is 3.02. The Balaban J connectivity index is 3.95. The zero-order valence-corrected chi connectivity index (χ0v) is 21.3. The van der Waals surface area contributed by atoms with E-state index in [0.717, 1.165) is 19.3 Å². The van der Waals surface area contributed by atoms with Gasteiger partial charge in [0.05, 0.1) is 6.61 Å². The third kappa shape index (κ3) is 23.4. The van der Waals surface area contributed by atoms with Gasteiger partial charge < -0.3 is 14.6 Å². The molecular formula is C31H36O5. The molecule has 0 saturated heterocycles. The van der Waals surface area contributed by atoms with Crippen molar-refractivity contribution in [2.45, 2.75) is 96.5 Å². The second-order valence-electron chi connectivity index (χ2n) is 7.93. The maximum absolute atomic E-state index is 12.0. The van der Waals surface area contributed by atoms with E-state index in [1.807, 2.05) is 0 Å². The summed E-state index contributed by atoms with van der Waals surface area (Å²) in [5, 5.41) is 9.35. The number of ether oxygens (including phenoxy) is 2. The number of carbonyl (C=O) groups is 2. The van der Waals surface area contributed by atoms with Crippen LogP contribution < -0.4 is 0 Å². The monoisotopic (exact) mass is 488 g/mol. The van der Waals surface area contributed by atoms with Crippen molar-refractivity contribution >= 4 is 11.9 Å². The largest absolute Gasteiger partial charge is 0.456 e. The van der Waals surface area contributed by atoms with Gasteiger partial charge in [0.1, 0.15) is 6.61 Å². The molecule has 0 unspecified atom stereocenters. The van der Waals surface area contributed by atoms with E-state index in [9.17, 15) is 14.7 Å². The highest BCUT2D eigenvalue weighted by Crippen LogP contribution is 2.12. The lowest BCUT2D eigenvalue weighted by Crippen LogP contribution is -2.28. The molecule has 36 heavy (non-hydrogen) atoms. The maximum Gasteiger partial charge on any atom is 0.385 e. The Morgan fingerprint density at radius 2 is 1.19 bits per heavy atom. The summed E-state index contributed by atoms with van der Waals surface area (Å²) in [6.07, 6.45) is 18.8. The van der Waals surface area contributed by atoms with E-state index in [1.54, 1.807) is 0 Å². The quantitative estimate of drug-likeness (QED) is 0.144. The lowest BCUT2D eigenvalue weighted by atomic mass is 10.0. The van der Waals surface area contributed by atoms with Crippen molar-refractivity contribution < 1.29 is 24.2 Å². The molecule has 0 aliphatic rings. The van der Waals surface area contributed by atoms with Gasteiger partial charge in [-0.3, -0.25) is 4.79 Å². The van der Waals surface area contributed by atoms with Crippen LogP contribution in [0, 0.1) is 71.5 Å². The van der Waals surface area contributed by atoms with Gasteiger partial charge in [-0.05, 0) is 65.6 Å². The molecule has 1 atom stereocenters. The molecule has 0 saturated carbocycles. The predicted molar refractivity (Wildman–Crippen MR) is 141 cm³/mol. The summed E-state index contributed by atoms with van der Waals surface area (Å²) in [4.78, 5) is 23.6. The molecule has 0 aromatic heterocycles. The second-order valence-corrected chi connectivity index (χ2v) is 7.93. The summed E-state index contributed by atoms with van der Waals surface area (Å²) >= 11 is 0. The van der Waals surface area contributed by atoms with Gasteiger partial charge in [0, 0.05) is 12.3 Å². The first-order valence-corrected chi connectivity index (χ1v) is 12.6. The first-order chi connectivity index (χ1) is 17.6. The second kappa shape index (κ2) is 25.9. The summed E-state index contributed by atoms with van der Waals surface area (Å²) in [5.74, 6) is 24.4. The minimum atomic E-state index is -0.923. The van der Waals surface area contributed by atoms with Gasteiger partial charge in [-0.1, -0.05) is 77.6 Å². The van der Waals surface area contributed by atoms with E-state index in [4.69, 9.17) is 15.9 Å². The molecule has 0 aliphatic carbocycles. The molecule has 0 bridgehead atoms. The fraction of sp³-hybridized carbons (Fsp3) is 0.548. The van der Waals surface area contributed by atoms with Crippen molar-refractivity contribution in [3.8, 4) is 71.5 Å². The molecule has 0 fully saturated rings. The van der Waals surface area contributed by atoms with Crippen molar-refractivity contribution in [2.75, 3.05) is 13.2 Å². The molecular weight excluding hydrogens is 452 g/mol. The molecule has 1 N–H and O–H groups in total. The van der Waals surface area contributed by atoms with Crippen LogP contribution in [-0.4, -0.2) is 36.4 Å². The number of carbonyl (C=O) groups excluding carboxylic acids is 2. The molecule has 0 amide bonds. The van der Waals surface area contributed by atoms with Gasteiger partial charge in [-0.25, -0.2) is 4.79 Å². The smallest absolute Gasteiger partial charge is 0.385 e. The van der Waals surface area contributed by atoms with Gasteiger partial charge in [-0.2, -0.15) is 0 Å². The highest BCUT2D eigenvalue weighted by Gasteiger charge is 2.15. The summed E-state index contributed by atoms with van der Waals surface area (Å²) < 4.78 is 10.0. The van der Waals surface area contributed by atoms with Crippen LogP contribution in [0.4, 0.5) is 0 Å². The summed E-state index contributed by atoms with van der Waals surface area (Å²) in [5.41, 5.74) is 0. The van der Waals surface area contributed by atoms with E-state index in [-0.39, 0.29) is 13.0 Å². The van der Waals surface area contributed by atoms with E-state index in [2.05, 4.69) is 72.0 Å². The van der Waals surface area contributed by atoms with Crippen molar-refractivity contribution in [1.29, 1.82) is 0 Å². The van der Waals surface area contributed by atoms with Crippen LogP contribution in [0.1, 0.15) is 90.4 Å². The Kier molecular flexibility index (Phi) is 23.2. The van der Waals surface area contributed by atoms with Crippen molar-refractivity contribution in [3.63, 3.8) is 0 Å². The number of aliphatic hydroxyl groups is 1. The zero-order chi connectivity index (χ0) is 26.5. The number of hydrogen-bond donors (Lipinski definition) is 1. The lowest BCUT2D eigenvalue weighted by Gasteiger charge is -2.14. The predicted octanol–water partition coefficient (Wildman–Crippen LogP) is 4.18. The summed E-state index contributed by atoms with van der Waals surface area (Å²) in [6, 6.07) is 0. The molecule has 0 aromatic carbocycles. The Morgan fingerprint density at radius 3 is 1.69 bits per heavy atom. The lowest BCUT2D eigenvalue weighted by molar-refractivity contribution is -0.159. The highest BCUT2D eigenvalue weighted by molar-refractivity contribution is 5.89. The van der Waals surface area contributed by atoms with Crippen LogP contribution in [-0.2, 0) is 19.1 Å². The molecule has 0 aliphatic heterocycles.